The second-order valence-electron chi connectivity index (χ2n) is 3.78. The third-order valence-electron chi connectivity index (χ3n) is 2.30. The SMILES string of the molecule is COc1cccc(NC(=O)C(=O)NCCOCCO)c1. The summed E-state index contributed by atoms with van der Waals surface area (Å²) in [6.07, 6.45) is 0. The highest BCUT2D eigenvalue weighted by atomic mass is 16.5. The van der Waals surface area contributed by atoms with Crippen LogP contribution in [0.5, 0.6) is 5.75 Å². The van der Waals surface area contributed by atoms with Gasteiger partial charge in [0.25, 0.3) is 0 Å². The van der Waals surface area contributed by atoms with Gasteiger partial charge in [0.1, 0.15) is 5.75 Å². The first kappa shape index (κ1) is 15.9. The number of nitrogens with one attached hydrogen (secondary N) is 2. The Labute approximate surface area is 116 Å². The van der Waals surface area contributed by atoms with E-state index in [0.29, 0.717) is 11.4 Å². The number of carbonyl (C=O) groups excluding carboxylic acids is 2. The average Bonchev–Trinajstić information content (AvgIpc) is 2.47. The molecular formula is C13H18N2O5. The van der Waals surface area contributed by atoms with Gasteiger partial charge >= 0.3 is 11.8 Å². The maximum atomic E-state index is 11.6. The van der Waals surface area contributed by atoms with Gasteiger partial charge < -0.3 is 25.2 Å². The molecule has 0 aliphatic carbocycles. The van der Waals surface area contributed by atoms with Crippen LogP contribution in [0.1, 0.15) is 0 Å². The second kappa shape index (κ2) is 8.89. The zero-order chi connectivity index (χ0) is 14.8. The third kappa shape index (κ3) is 5.68. The number of aliphatic hydroxyl groups is 1. The van der Waals surface area contributed by atoms with Crippen LogP contribution >= 0.6 is 0 Å². The first-order chi connectivity index (χ1) is 9.67. The van der Waals surface area contributed by atoms with E-state index in [0.717, 1.165) is 0 Å². The van der Waals surface area contributed by atoms with Crippen molar-refractivity contribution in [1.82, 2.24) is 5.32 Å². The van der Waals surface area contributed by atoms with Crippen molar-refractivity contribution in [1.29, 1.82) is 0 Å². The van der Waals surface area contributed by atoms with Crippen LogP contribution in [0.15, 0.2) is 24.3 Å². The first-order valence-electron chi connectivity index (χ1n) is 6.09. The molecular weight excluding hydrogens is 264 g/mol. The molecule has 0 heterocycles. The van der Waals surface area contributed by atoms with E-state index in [1.165, 1.54) is 7.11 Å². The summed E-state index contributed by atoms with van der Waals surface area (Å²) in [5.41, 5.74) is 0.473. The number of hydrogen-bond donors (Lipinski definition) is 3. The molecule has 1 aromatic carbocycles. The standard InChI is InChI=1S/C13H18N2O5/c1-19-11-4-2-3-10(9-11)15-13(18)12(17)14-5-7-20-8-6-16/h2-4,9,16H,5-8H2,1H3,(H,14,17)(H,15,18). The Morgan fingerprint density at radius 1 is 1.25 bits per heavy atom. The van der Waals surface area contributed by atoms with Crippen LogP contribution in [-0.4, -0.2) is 50.4 Å². The highest BCUT2D eigenvalue weighted by molar-refractivity contribution is 6.39. The Bertz CT molecular complexity index is 450. The molecule has 110 valence electrons. The minimum Gasteiger partial charge on any atom is -0.497 e. The van der Waals surface area contributed by atoms with Gasteiger partial charge in [0, 0.05) is 18.3 Å². The fourth-order valence-corrected chi connectivity index (χ4v) is 1.37. The van der Waals surface area contributed by atoms with Gasteiger partial charge in [0.15, 0.2) is 0 Å². The summed E-state index contributed by atoms with van der Waals surface area (Å²) in [6, 6.07) is 6.69. The molecule has 0 atom stereocenters. The summed E-state index contributed by atoms with van der Waals surface area (Å²) in [6.45, 7) is 0.555. The smallest absolute Gasteiger partial charge is 0.313 e. The predicted octanol–water partition coefficient (Wildman–Crippen LogP) is -0.241. The summed E-state index contributed by atoms with van der Waals surface area (Å²) in [4.78, 5) is 23.1. The molecule has 2 amide bonds. The van der Waals surface area contributed by atoms with Crippen molar-refractivity contribution in [3.05, 3.63) is 24.3 Å². The van der Waals surface area contributed by atoms with Gasteiger partial charge in [-0.15, -0.1) is 0 Å². The van der Waals surface area contributed by atoms with Crippen LogP contribution in [-0.2, 0) is 14.3 Å². The van der Waals surface area contributed by atoms with E-state index < -0.39 is 11.8 Å². The Morgan fingerprint density at radius 2 is 2.05 bits per heavy atom. The summed E-state index contributed by atoms with van der Waals surface area (Å²) in [5, 5.41) is 13.3. The maximum absolute atomic E-state index is 11.6. The number of ether oxygens (including phenoxy) is 2. The topological polar surface area (TPSA) is 96.9 Å². The summed E-state index contributed by atoms with van der Waals surface area (Å²) in [5.74, 6) is -0.929. The fraction of sp³-hybridized carbons (Fsp3) is 0.385. The van der Waals surface area contributed by atoms with E-state index in [2.05, 4.69) is 10.6 Å². The predicted molar refractivity (Wildman–Crippen MR) is 72.5 cm³/mol. The maximum Gasteiger partial charge on any atom is 0.313 e. The van der Waals surface area contributed by atoms with Crippen LogP contribution in [0.25, 0.3) is 0 Å². The van der Waals surface area contributed by atoms with Crippen molar-refractivity contribution in [2.75, 3.05) is 38.8 Å². The lowest BCUT2D eigenvalue weighted by Gasteiger charge is -2.07. The number of aliphatic hydroxyl groups excluding tert-OH is 1. The van der Waals surface area contributed by atoms with Crippen LogP contribution in [0.2, 0.25) is 0 Å². The number of benzene rings is 1. The van der Waals surface area contributed by atoms with Gasteiger partial charge in [0.2, 0.25) is 0 Å². The van der Waals surface area contributed by atoms with Gasteiger partial charge in [-0.2, -0.15) is 0 Å². The zero-order valence-corrected chi connectivity index (χ0v) is 11.2. The van der Waals surface area contributed by atoms with Crippen molar-refractivity contribution < 1.29 is 24.2 Å². The molecule has 0 unspecified atom stereocenters. The van der Waals surface area contributed by atoms with Crippen LogP contribution in [0.4, 0.5) is 5.69 Å². The Hall–Kier alpha value is -2.12. The lowest BCUT2D eigenvalue weighted by atomic mass is 10.3. The van der Waals surface area contributed by atoms with E-state index in [4.69, 9.17) is 14.6 Å². The molecule has 1 aromatic rings. The molecule has 0 fully saturated rings. The third-order valence-corrected chi connectivity index (χ3v) is 2.30. The molecule has 20 heavy (non-hydrogen) atoms. The molecule has 7 nitrogen and oxygen atoms in total. The molecule has 0 aromatic heterocycles. The molecule has 0 spiro atoms. The minimum absolute atomic E-state index is 0.0791. The monoisotopic (exact) mass is 282 g/mol. The highest BCUT2D eigenvalue weighted by Gasteiger charge is 2.13. The lowest BCUT2D eigenvalue weighted by Crippen LogP contribution is -2.37. The molecule has 0 radical (unpaired) electrons. The van der Waals surface area contributed by atoms with E-state index in [1.54, 1.807) is 24.3 Å². The Balaban J connectivity index is 2.35. The molecule has 3 N–H and O–H groups in total. The molecule has 0 bridgehead atoms. The Morgan fingerprint density at radius 3 is 2.75 bits per heavy atom. The quantitative estimate of drug-likeness (QED) is 0.474. The molecule has 7 heteroatoms. The largest absolute Gasteiger partial charge is 0.497 e. The second-order valence-corrected chi connectivity index (χ2v) is 3.78. The number of anilines is 1. The van der Waals surface area contributed by atoms with Gasteiger partial charge in [0.05, 0.1) is 26.9 Å². The lowest BCUT2D eigenvalue weighted by molar-refractivity contribution is -0.136. The van der Waals surface area contributed by atoms with Crippen LogP contribution < -0.4 is 15.4 Å². The van der Waals surface area contributed by atoms with E-state index in [-0.39, 0.29) is 26.4 Å². The number of rotatable bonds is 7. The normalized spacial score (nSPS) is 9.90. The number of methoxy groups -OCH3 is 1. The van der Waals surface area contributed by atoms with E-state index in [9.17, 15) is 9.59 Å². The Kier molecular flexibility index (Phi) is 7.08. The zero-order valence-electron chi connectivity index (χ0n) is 11.2. The number of hydrogen-bond acceptors (Lipinski definition) is 5. The van der Waals surface area contributed by atoms with Gasteiger partial charge in [-0.25, -0.2) is 0 Å². The van der Waals surface area contributed by atoms with Crippen molar-refractivity contribution in [3.63, 3.8) is 0 Å². The summed E-state index contributed by atoms with van der Waals surface area (Å²) in [7, 11) is 1.51. The molecule has 0 aliphatic rings. The molecule has 1 rings (SSSR count). The van der Waals surface area contributed by atoms with Crippen molar-refractivity contribution in [3.8, 4) is 5.75 Å². The average molecular weight is 282 g/mol. The van der Waals surface area contributed by atoms with Gasteiger partial charge in [-0.3, -0.25) is 9.59 Å². The van der Waals surface area contributed by atoms with E-state index >= 15 is 0 Å². The van der Waals surface area contributed by atoms with Crippen LogP contribution in [0, 0.1) is 0 Å². The molecule has 0 saturated carbocycles. The fourth-order valence-electron chi connectivity index (χ4n) is 1.37. The molecule has 0 saturated heterocycles. The minimum atomic E-state index is -0.764. The summed E-state index contributed by atoms with van der Waals surface area (Å²) >= 11 is 0. The first-order valence-corrected chi connectivity index (χ1v) is 6.09. The van der Waals surface area contributed by atoms with Gasteiger partial charge in [-0.05, 0) is 12.1 Å². The molecule has 0 aliphatic heterocycles. The van der Waals surface area contributed by atoms with Crippen molar-refractivity contribution >= 4 is 17.5 Å². The summed E-state index contributed by atoms with van der Waals surface area (Å²) < 4.78 is 9.96. The van der Waals surface area contributed by atoms with E-state index in [1.807, 2.05) is 0 Å². The van der Waals surface area contributed by atoms with Crippen molar-refractivity contribution in [2.24, 2.45) is 0 Å². The van der Waals surface area contributed by atoms with Crippen LogP contribution in [0.3, 0.4) is 0 Å². The number of carbonyl (C=O) groups is 2. The number of amides is 2. The van der Waals surface area contributed by atoms with Gasteiger partial charge in [-0.1, -0.05) is 6.07 Å². The highest BCUT2D eigenvalue weighted by Crippen LogP contribution is 2.16. The van der Waals surface area contributed by atoms with Crippen molar-refractivity contribution in [2.45, 2.75) is 0 Å².